The van der Waals surface area contributed by atoms with E-state index in [1.807, 2.05) is 0 Å². The first-order valence-electron chi connectivity index (χ1n) is 7.80. The molecule has 1 heterocycles. The third-order valence-corrected chi connectivity index (χ3v) is 4.49. The largest absolute Gasteiger partial charge is 0.326 e. The first-order chi connectivity index (χ1) is 9.26. The Labute approximate surface area is 118 Å². The molecule has 106 valence electrons. The first-order valence-corrected chi connectivity index (χ1v) is 7.80. The number of hydrogen-bond donors (Lipinski definition) is 1. The van der Waals surface area contributed by atoms with Crippen LogP contribution in [0.3, 0.4) is 0 Å². The summed E-state index contributed by atoms with van der Waals surface area (Å²) in [5.41, 5.74) is 7.85. The van der Waals surface area contributed by atoms with Crippen LogP contribution >= 0.6 is 0 Å². The molecule has 0 amide bonds. The normalized spacial score (nSPS) is 23.4. The van der Waals surface area contributed by atoms with Crippen LogP contribution < -0.4 is 5.73 Å². The molecule has 2 nitrogen and oxygen atoms in total. The highest BCUT2D eigenvalue weighted by molar-refractivity contribution is 5.21. The second-order valence-corrected chi connectivity index (χ2v) is 5.82. The zero-order chi connectivity index (χ0) is 13.7. The number of likely N-dealkylation sites (tertiary alicyclic amines) is 1. The van der Waals surface area contributed by atoms with Crippen molar-refractivity contribution in [3.05, 3.63) is 35.9 Å². The summed E-state index contributed by atoms with van der Waals surface area (Å²) in [5.74, 6) is 0.698. The van der Waals surface area contributed by atoms with Crippen LogP contribution in [0.4, 0.5) is 0 Å². The van der Waals surface area contributed by atoms with Crippen molar-refractivity contribution in [3.63, 3.8) is 0 Å². The molecule has 0 saturated carbocycles. The smallest absolute Gasteiger partial charge is 0.0244 e. The van der Waals surface area contributed by atoms with Crippen LogP contribution in [0.15, 0.2) is 30.3 Å². The fraction of sp³-hybridized carbons (Fsp3) is 0.647. The summed E-state index contributed by atoms with van der Waals surface area (Å²) in [5, 5.41) is 0. The van der Waals surface area contributed by atoms with Gasteiger partial charge in [-0.15, -0.1) is 0 Å². The molecule has 1 aliphatic heterocycles. The fourth-order valence-electron chi connectivity index (χ4n) is 3.44. The van der Waals surface area contributed by atoms with Crippen LogP contribution in [0, 0.1) is 0 Å². The summed E-state index contributed by atoms with van der Waals surface area (Å²) in [6, 6.07) is 11.8. The minimum atomic E-state index is 0.338. The van der Waals surface area contributed by atoms with E-state index in [-0.39, 0.29) is 0 Å². The predicted molar refractivity (Wildman–Crippen MR) is 82.3 cm³/mol. The second-order valence-electron chi connectivity index (χ2n) is 5.82. The van der Waals surface area contributed by atoms with Crippen molar-refractivity contribution in [2.45, 2.75) is 57.5 Å². The molecule has 2 rings (SSSR count). The molecule has 3 atom stereocenters. The van der Waals surface area contributed by atoms with E-state index in [0.29, 0.717) is 18.0 Å². The zero-order valence-corrected chi connectivity index (χ0v) is 12.4. The van der Waals surface area contributed by atoms with Gasteiger partial charge >= 0.3 is 0 Å². The molecule has 19 heavy (non-hydrogen) atoms. The van der Waals surface area contributed by atoms with Gasteiger partial charge in [-0.25, -0.2) is 0 Å². The number of rotatable bonds is 6. The summed E-state index contributed by atoms with van der Waals surface area (Å²) in [6.45, 7) is 6.88. The van der Waals surface area contributed by atoms with E-state index in [1.165, 1.54) is 37.9 Å². The summed E-state index contributed by atoms with van der Waals surface area (Å²) in [6.07, 6.45) is 4.78. The summed E-state index contributed by atoms with van der Waals surface area (Å²) in [4.78, 5) is 2.62. The van der Waals surface area contributed by atoms with Crippen LogP contribution in [0.2, 0.25) is 0 Å². The van der Waals surface area contributed by atoms with Crippen molar-refractivity contribution in [2.75, 3.05) is 13.1 Å². The highest BCUT2D eigenvalue weighted by atomic mass is 15.2. The topological polar surface area (TPSA) is 29.3 Å². The summed E-state index contributed by atoms with van der Waals surface area (Å²) < 4.78 is 0. The zero-order valence-electron chi connectivity index (χ0n) is 12.4. The van der Waals surface area contributed by atoms with Crippen LogP contribution in [0.5, 0.6) is 0 Å². The number of benzene rings is 1. The average Bonchev–Trinajstić information content (AvgIpc) is 2.90. The minimum absolute atomic E-state index is 0.338. The molecule has 0 spiro atoms. The van der Waals surface area contributed by atoms with E-state index < -0.39 is 0 Å². The van der Waals surface area contributed by atoms with Crippen molar-refractivity contribution in [2.24, 2.45) is 5.73 Å². The molecule has 0 bridgehead atoms. The Morgan fingerprint density at radius 2 is 2.00 bits per heavy atom. The second kappa shape index (κ2) is 7.06. The molecule has 1 fully saturated rings. The van der Waals surface area contributed by atoms with Crippen LogP contribution in [-0.4, -0.2) is 30.1 Å². The Bertz CT molecular complexity index is 363. The number of nitrogens with zero attached hydrogens (tertiary/aromatic N) is 1. The molecule has 0 radical (unpaired) electrons. The van der Waals surface area contributed by atoms with Gasteiger partial charge in [0.05, 0.1) is 0 Å². The molecular weight excluding hydrogens is 232 g/mol. The van der Waals surface area contributed by atoms with Gasteiger partial charge < -0.3 is 5.73 Å². The van der Waals surface area contributed by atoms with Crippen LogP contribution in [0.1, 0.15) is 51.0 Å². The molecular formula is C17H28N2. The van der Waals surface area contributed by atoms with E-state index in [4.69, 9.17) is 5.73 Å². The Kier molecular flexibility index (Phi) is 5.41. The summed E-state index contributed by atoms with van der Waals surface area (Å²) >= 11 is 0. The van der Waals surface area contributed by atoms with Crippen molar-refractivity contribution < 1.29 is 0 Å². The van der Waals surface area contributed by atoms with E-state index >= 15 is 0 Å². The monoisotopic (exact) mass is 260 g/mol. The molecule has 1 saturated heterocycles. The van der Waals surface area contributed by atoms with Gasteiger partial charge in [-0.05, 0) is 37.3 Å². The van der Waals surface area contributed by atoms with Gasteiger partial charge in [-0.1, -0.05) is 50.6 Å². The Hall–Kier alpha value is -0.860. The van der Waals surface area contributed by atoms with Gasteiger partial charge in [0.15, 0.2) is 0 Å². The van der Waals surface area contributed by atoms with Crippen LogP contribution in [0.25, 0.3) is 0 Å². The number of hydrogen-bond acceptors (Lipinski definition) is 2. The van der Waals surface area contributed by atoms with E-state index in [9.17, 15) is 0 Å². The highest BCUT2D eigenvalue weighted by Gasteiger charge is 2.30. The Morgan fingerprint density at radius 1 is 1.26 bits per heavy atom. The maximum Gasteiger partial charge on any atom is 0.0244 e. The first kappa shape index (κ1) is 14.5. The van der Waals surface area contributed by atoms with Crippen molar-refractivity contribution >= 4 is 0 Å². The molecule has 3 unspecified atom stereocenters. The van der Waals surface area contributed by atoms with Crippen molar-refractivity contribution in [3.8, 4) is 0 Å². The van der Waals surface area contributed by atoms with Crippen molar-refractivity contribution in [1.29, 1.82) is 0 Å². The minimum Gasteiger partial charge on any atom is -0.326 e. The van der Waals surface area contributed by atoms with Crippen molar-refractivity contribution in [1.82, 2.24) is 4.90 Å². The quantitative estimate of drug-likeness (QED) is 0.849. The van der Waals surface area contributed by atoms with E-state index in [2.05, 4.69) is 49.1 Å². The van der Waals surface area contributed by atoms with E-state index in [0.717, 1.165) is 6.42 Å². The summed E-state index contributed by atoms with van der Waals surface area (Å²) in [7, 11) is 0. The third-order valence-electron chi connectivity index (χ3n) is 4.49. The van der Waals surface area contributed by atoms with Gasteiger partial charge in [0.2, 0.25) is 0 Å². The number of nitrogens with two attached hydrogens (primary N) is 1. The molecule has 1 aliphatic rings. The molecule has 0 aliphatic carbocycles. The molecule has 2 heteroatoms. The van der Waals surface area contributed by atoms with Gasteiger partial charge in [-0.3, -0.25) is 4.90 Å². The fourth-order valence-corrected chi connectivity index (χ4v) is 3.44. The van der Waals surface area contributed by atoms with E-state index in [1.54, 1.807) is 0 Å². The maximum absolute atomic E-state index is 6.36. The standard InChI is InChI=1S/C17H28N2/c1-3-8-16(18)17(4-2)19-12-11-15(13-19)14-9-6-5-7-10-14/h5-7,9-10,15-17H,3-4,8,11-13,18H2,1-2H3. The third kappa shape index (κ3) is 3.58. The van der Waals surface area contributed by atoms with Gasteiger partial charge in [0.25, 0.3) is 0 Å². The molecule has 1 aromatic rings. The SMILES string of the molecule is CCCC(N)C(CC)N1CCC(c2ccccc2)C1. The highest BCUT2D eigenvalue weighted by Crippen LogP contribution is 2.29. The predicted octanol–water partition coefficient (Wildman–Crippen LogP) is 3.38. The molecule has 2 N–H and O–H groups in total. The van der Waals surface area contributed by atoms with Gasteiger partial charge in [0.1, 0.15) is 0 Å². The Morgan fingerprint density at radius 3 is 2.63 bits per heavy atom. The molecule has 1 aromatic carbocycles. The van der Waals surface area contributed by atoms with Gasteiger partial charge in [-0.2, -0.15) is 0 Å². The Balaban J connectivity index is 1.97. The molecule has 0 aromatic heterocycles. The lowest BCUT2D eigenvalue weighted by atomic mass is 9.98. The average molecular weight is 260 g/mol. The lowest BCUT2D eigenvalue weighted by Gasteiger charge is -2.32. The maximum atomic E-state index is 6.36. The van der Waals surface area contributed by atoms with Crippen LogP contribution in [-0.2, 0) is 0 Å². The van der Waals surface area contributed by atoms with Gasteiger partial charge in [0, 0.05) is 18.6 Å². The lowest BCUT2D eigenvalue weighted by molar-refractivity contribution is 0.196. The lowest BCUT2D eigenvalue weighted by Crippen LogP contribution is -2.46.